The maximum absolute atomic E-state index is 12.1. The first kappa shape index (κ1) is 15.2. The standard InChI is InChI=1S/C13H9Br2N3OS/c14-10-7-9(12(15)20-10)13(19)18-11-6-8(2-1-4-16)3-5-17-11/h3,5-7H,4,16H2,(H,17,18,19). The Hall–Kier alpha value is -1.20. The lowest BCUT2D eigenvalue weighted by Crippen LogP contribution is -2.12. The van der Waals surface area contributed by atoms with Gasteiger partial charge in [-0.2, -0.15) is 0 Å². The Morgan fingerprint density at radius 2 is 2.25 bits per heavy atom. The van der Waals surface area contributed by atoms with Crippen LogP contribution in [0.2, 0.25) is 0 Å². The van der Waals surface area contributed by atoms with Crippen molar-refractivity contribution in [1.82, 2.24) is 4.98 Å². The molecular formula is C13H9Br2N3OS. The summed E-state index contributed by atoms with van der Waals surface area (Å²) in [5, 5.41) is 2.74. The van der Waals surface area contributed by atoms with Crippen molar-refractivity contribution in [2.24, 2.45) is 5.73 Å². The molecule has 0 aromatic carbocycles. The average Bonchev–Trinajstić information content (AvgIpc) is 2.76. The minimum Gasteiger partial charge on any atom is -0.320 e. The normalized spacial score (nSPS) is 9.75. The summed E-state index contributed by atoms with van der Waals surface area (Å²) in [6.45, 7) is 0.292. The second kappa shape index (κ2) is 6.99. The zero-order valence-corrected chi connectivity index (χ0v) is 14.1. The predicted octanol–water partition coefficient (Wildman–Crippen LogP) is 3.23. The molecule has 2 heterocycles. The van der Waals surface area contributed by atoms with Gasteiger partial charge in [0.25, 0.3) is 5.91 Å². The highest BCUT2D eigenvalue weighted by Crippen LogP contribution is 2.32. The Morgan fingerprint density at radius 1 is 1.45 bits per heavy atom. The Kier molecular flexibility index (Phi) is 5.31. The molecule has 2 aromatic rings. The maximum atomic E-state index is 12.1. The number of anilines is 1. The van der Waals surface area contributed by atoms with Gasteiger partial charge in [0.15, 0.2) is 0 Å². The summed E-state index contributed by atoms with van der Waals surface area (Å²) < 4.78 is 1.64. The highest BCUT2D eigenvalue weighted by atomic mass is 79.9. The molecule has 2 aromatic heterocycles. The zero-order chi connectivity index (χ0) is 14.5. The molecular weight excluding hydrogens is 406 g/mol. The monoisotopic (exact) mass is 413 g/mol. The third-order valence-electron chi connectivity index (χ3n) is 2.24. The van der Waals surface area contributed by atoms with Crippen LogP contribution in [0.3, 0.4) is 0 Å². The van der Waals surface area contributed by atoms with Crippen molar-refractivity contribution in [2.45, 2.75) is 0 Å². The molecule has 0 unspecified atom stereocenters. The fourth-order valence-electron chi connectivity index (χ4n) is 1.41. The van der Waals surface area contributed by atoms with Gasteiger partial charge in [-0.05, 0) is 50.1 Å². The summed E-state index contributed by atoms with van der Waals surface area (Å²) >= 11 is 8.13. The van der Waals surface area contributed by atoms with Gasteiger partial charge >= 0.3 is 0 Å². The number of nitrogens with one attached hydrogen (secondary N) is 1. The van der Waals surface area contributed by atoms with E-state index in [-0.39, 0.29) is 5.91 Å². The number of carbonyl (C=O) groups is 1. The van der Waals surface area contributed by atoms with Crippen molar-refractivity contribution in [2.75, 3.05) is 11.9 Å². The third kappa shape index (κ3) is 3.90. The molecule has 0 aliphatic rings. The molecule has 0 saturated heterocycles. The minimum atomic E-state index is -0.227. The number of thiophene rings is 1. The van der Waals surface area contributed by atoms with Gasteiger partial charge in [-0.15, -0.1) is 11.3 Å². The predicted molar refractivity (Wildman–Crippen MR) is 87.8 cm³/mol. The smallest absolute Gasteiger partial charge is 0.258 e. The molecule has 0 saturated carbocycles. The van der Waals surface area contributed by atoms with E-state index in [9.17, 15) is 4.79 Å². The van der Waals surface area contributed by atoms with Crippen LogP contribution in [-0.2, 0) is 0 Å². The van der Waals surface area contributed by atoms with Gasteiger partial charge in [-0.25, -0.2) is 4.98 Å². The van der Waals surface area contributed by atoms with Crippen LogP contribution in [0.4, 0.5) is 5.82 Å². The van der Waals surface area contributed by atoms with Gasteiger partial charge in [0, 0.05) is 11.8 Å². The second-order valence-electron chi connectivity index (χ2n) is 3.63. The van der Waals surface area contributed by atoms with Gasteiger partial charge in [0.1, 0.15) is 5.82 Å². The molecule has 0 bridgehead atoms. The lowest BCUT2D eigenvalue weighted by molar-refractivity contribution is 0.102. The highest BCUT2D eigenvalue weighted by molar-refractivity contribution is 9.12. The highest BCUT2D eigenvalue weighted by Gasteiger charge is 2.14. The first-order valence-electron chi connectivity index (χ1n) is 5.51. The number of pyridine rings is 1. The van der Waals surface area contributed by atoms with Crippen molar-refractivity contribution in [3.63, 3.8) is 0 Å². The average molecular weight is 415 g/mol. The number of hydrogen-bond donors (Lipinski definition) is 2. The molecule has 0 aliphatic heterocycles. The molecule has 20 heavy (non-hydrogen) atoms. The van der Waals surface area contributed by atoms with E-state index in [0.717, 1.165) is 13.1 Å². The summed E-state index contributed by atoms with van der Waals surface area (Å²) in [6.07, 6.45) is 1.59. The largest absolute Gasteiger partial charge is 0.320 e. The van der Waals surface area contributed by atoms with Crippen LogP contribution in [0.1, 0.15) is 15.9 Å². The van der Waals surface area contributed by atoms with Crippen molar-refractivity contribution < 1.29 is 4.79 Å². The summed E-state index contributed by atoms with van der Waals surface area (Å²) in [4.78, 5) is 16.2. The topological polar surface area (TPSA) is 68.0 Å². The van der Waals surface area contributed by atoms with Gasteiger partial charge in [0.05, 0.1) is 19.7 Å². The fourth-order valence-corrected chi connectivity index (χ4v) is 4.20. The van der Waals surface area contributed by atoms with E-state index in [4.69, 9.17) is 5.73 Å². The molecule has 0 spiro atoms. The number of carbonyl (C=O) groups excluding carboxylic acids is 1. The minimum absolute atomic E-state index is 0.227. The van der Waals surface area contributed by atoms with Gasteiger partial charge < -0.3 is 11.1 Å². The number of halogens is 2. The molecule has 7 heteroatoms. The molecule has 2 rings (SSSR count). The summed E-state index contributed by atoms with van der Waals surface area (Å²) in [7, 11) is 0. The second-order valence-corrected chi connectivity index (χ2v) is 7.38. The lowest BCUT2D eigenvalue weighted by Gasteiger charge is -2.03. The van der Waals surface area contributed by atoms with E-state index in [0.29, 0.717) is 17.9 Å². The van der Waals surface area contributed by atoms with Gasteiger partial charge in [0.2, 0.25) is 0 Å². The molecule has 4 nitrogen and oxygen atoms in total. The van der Waals surface area contributed by atoms with Crippen LogP contribution in [0.15, 0.2) is 32.0 Å². The maximum Gasteiger partial charge on any atom is 0.258 e. The van der Waals surface area contributed by atoms with E-state index >= 15 is 0 Å². The third-order valence-corrected chi connectivity index (χ3v) is 4.58. The molecule has 0 radical (unpaired) electrons. The van der Waals surface area contributed by atoms with Crippen molar-refractivity contribution >= 4 is 54.9 Å². The fraction of sp³-hybridized carbons (Fsp3) is 0.0769. The molecule has 0 aliphatic carbocycles. The first-order chi connectivity index (χ1) is 9.60. The van der Waals surface area contributed by atoms with Crippen LogP contribution in [0.25, 0.3) is 0 Å². The number of rotatable bonds is 2. The summed E-state index contributed by atoms with van der Waals surface area (Å²) in [5.74, 6) is 5.87. The van der Waals surface area contributed by atoms with Crippen LogP contribution in [0.5, 0.6) is 0 Å². The zero-order valence-electron chi connectivity index (χ0n) is 10.1. The lowest BCUT2D eigenvalue weighted by atomic mass is 10.2. The van der Waals surface area contributed by atoms with E-state index < -0.39 is 0 Å². The SMILES string of the molecule is NCC#Cc1ccnc(NC(=O)c2cc(Br)sc2Br)c1. The van der Waals surface area contributed by atoms with Crippen molar-refractivity contribution in [3.8, 4) is 11.8 Å². The van der Waals surface area contributed by atoms with Crippen LogP contribution < -0.4 is 11.1 Å². The summed E-state index contributed by atoms with van der Waals surface area (Å²) in [6, 6.07) is 5.22. The van der Waals surface area contributed by atoms with Crippen molar-refractivity contribution in [1.29, 1.82) is 0 Å². The number of hydrogen-bond acceptors (Lipinski definition) is 4. The number of nitrogens with two attached hydrogens (primary N) is 1. The molecule has 0 atom stereocenters. The Labute approximate surface area is 137 Å². The summed E-state index contributed by atoms with van der Waals surface area (Å²) in [5.41, 5.74) is 6.64. The number of amides is 1. The van der Waals surface area contributed by atoms with Gasteiger partial charge in [-0.1, -0.05) is 11.8 Å². The molecule has 0 fully saturated rings. The first-order valence-corrected chi connectivity index (χ1v) is 7.91. The molecule has 3 N–H and O–H groups in total. The van der Waals surface area contributed by atoms with Crippen molar-refractivity contribution in [3.05, 3.63) is 43.1 Å². The van der Waals surface area contributed by atoms with E-state index in [1.54, 1.807) is 24.4 Å². The Balaban J connectivity index is 2.17. The quantitative estimate of drug-likeness (QED) is 0.741. The van der Waals surface area contributed by atoms with Crippen LogP contribution in [0, 0.1) is 11.8 Å². The molecule has 1 amide bonds. The Morgan fingerprint density at radius 3 is 2.90 bits per heavy atom. The van der Waals surface area contributed by atoms with Crippen LogP contribution >= 0.6 is 43.2 Å². The van der Waals surface area contributed by atoms with Crippen LogP contribution in [-0.4, -0.2) is 17.4 Å². The Bertz CT molecular complexity index is 703. The number of aromatic nitrogens is 1. The van der Waals surface area contributed by atoms with E-state index in [2.05, 4.69) is 54.0 Å². The van der Waals surface area contributed by atoms with Gasteiger partial charge in [-0.3, -0.25) is 4.79 Å². The molecule has 102 valence electrons. The van der Waals surface area contributed by atoms with E-state index in [1.165, 1.54) is 11.3 Å². The number of nitrogens with zero attached hydrogens (tertiary/aromatic N) is 1. The van der Waals surface area contributed by atoms with E-state index in [1.807, 2.05) is 0 Å².